The lowest BCUT2D eigenvalue weighted by molar-refractivity contribution is -0.219. The molecule has 0 saturated heterocycles. The van der Waals surface area contributed by atoms with Gasteiger partial charge in [0.2, 0.25) is 0 Å². The van der Waals surface area contributed by atoms with Crippen LogP contribution in [-0.2, 0) is 4.74 Å². The van der Waals surface area contributed by atoms with Gasteiger partial charge in [0.25, 0.3) is 0 Å². The Bertz CT molecular complexity index is 1330. The van der Waals surface area contributed by atoms with Crippen molar-refractivity contribution in [2.24, 2.45) is 5.92 Å². The maximum absolute atomic E-state index is 13.5. The number of esters is 2. The Balaban J connectivity index is 1.23. The van der Waals surface area contributed by atoms with Gasteiger partial charge in [-0.05, 0) is 78.9 Å². The summed E-state index contributed by atoms with van der Waals surface area (Å²) in [5.41, 5.74) is 2.20. The Labute approximate surface area is 264 Å². The molecule has 242 valence electrons. The van der Waals surface area contributed by atoms with Crippen molar-refractivity contribution in [1.29, 1.82) is 0 Å². The van der Waals surface area contributed by atoms with Gasteiger partial charge in [-0.15, -0.1) is 0 Å². The van der Waals surface area contributed by atoms with E-state index in [0.29, 0.717) is 37.9 Å². The quantitative estimate of drug-likeness (QED) is 0.0902. The van der Waals surface area contributed by atoms with Crippen molar-refractivity contribution in [1.82, 2.24) is 0 Å². The van der Waals surface area contributed by atoms with Crippen LogP contribution in [0.1, 0.15) is 105 Å². The zero-order chi connectivity index (χ0) is 32.1. The lowest BCUT2D eigenvalue weighted by atomic mass is 10.0. The van der Waals surface area contributed by atoms with Crippen LogP contribution in [-0.4, -0.2) is 30.8 Å². The van der Waals surface area contributed by atoms with E-state index in [9.17, 15) is 22.8 Å². The molecule has 1 atom stereocenters. The monoisotopic (exact) mass is 624 g/mol. The SMILES string of the molecule is CCCCCCCCCCOc1ccc(-c2ccc(C(=O)Oc3ccc(C(=O)O[C@@H](C4CCCC4)C(F)(F)F)cc3)cc2)cc1. The molecule has 3 aromatic carbocycles. The molecule has 4 rings (SSSR count). The largest absolute Gasteiger partial charge is 0.494 e. The number of carbonyl (C=O) groups is 2. The Morgan fingerprint density at radius 2 is 1.18 bits per heavy atom. The second-order valence-corrected chi connectivity index (χ2v) is 11.8. The fraction of sp³-hybridized carbons (Fsp3) is 0.459. The number of carbonyl (C=O) groups excluding carboxylic acids is 2. The number of rotatable bonds is 16. The first-order valence-corrected chi connectivity index (χ1v) is 16.2. The molecule has 1 aliphatic rings. The third kappa shape index (κ3) is 10.6. The molecule has 1 aliphatic carbocycles. The Morgan fingerprint density at radius 3 is 1.76 bits per heavy atom. The molecule has 0 radical (unpaired) electrons. The molecular weight excluding hydrogens is 581 g/mol. The molecule has 0 unspecified atom stereocenters. The Hall–Kier alpha value is -3.81. The van der Waals surface area contributed by atoms with Crippen molar-refractivity contribution in [3.63, 3.8) is 0 Å². The van der Waals surface area contributed by atoms with E-state index in [1.54, 1.807) is 12.1 Å². The first-order chi connectivity index (χ1) is 21.7. The summed E-state index contributed by atoms with van der Waals surface area (Å²) in [6, 6.07) is 20.1. The van der Waals surface area contributed by atoms with E-state index >= 15 is 0 Å². The molecule has 0 amide bonds. The predicted molar refractivity (Wildman–Crippen MR) is 169 cm³/mol. The topological polar surface area (TPSA) is 61.8 Å². The van der Waals surface area contributed by atoms with Gasteiger partial charge in [-0.2, -0.15) is 13.2 Å². The van der Waals surface area contributed by atoms with E-state index in [1.165, 1.54) is 69.2 Å². The average Bonchev–Trinajstić information content (AvgIpc) is 3.57. The molecular formula is C37H43F3O5. The molecule has 0 N–H and O–H groups in total. The van der Waals surface area contributed by atoms with Crippen LogP contribution in [0.2, 0.25) is 0 Å². The number of halogens is 3. The second-order valence-electron chi connectivity index (χ2n) is 11.8. The van der Waals surface area contributed by atoms with Gasteiger partial charge in [-0.3, -0.25) is 0 Å². The smallest absolute Gasteiger partial charge is 0.425 e. The first-order valence-electron chi connectivity index (χ1n) is 16.2. The van der Waals surface area contributed by atoms with Crippen molar-refractivity contribution in [2.75, 3.05) is 6.61 Å². The molecule has 0 heterocycles. The second kappa shape index (κ2) is 17.0. The number of hydrogen-bond donors (Lipinski definition) is 0. The first kappa shape index (κ1) is 34.1. The van der Waals surface area contributed by atoms with Gasteiger partial charge in [0.15, 0.2) is 6.10 Å². The summed E-state index contributed by atoms with van der Waals surface area (Å²) in [4.78, 5) is 25.2. The van der Waals surface area contributed by atoms with Gasteiger partial charge >= 0.3 is 18.1 Å². The Morgan fingerprint density at radius 1 is 0.689 bits per heavy atom. The van der Waals surface area contributed by atoms with Crippen LogP contribution in [0.3, 0.4) is 0 Å². The number of alkyl halides is 3. The average molecular weight is 625 g/mol. The molecule has 0 bridgehead atoms. The maximum Gasteiger partial charge on any atom is 0.425 e. The normalized spacial score (nSPS) is 14.2. The highest BCUT2D eigenvalue weighted by Gasteiger charge is 2.48. The highest BCUT2D eigenvalue weighted by molar-refractivity contribution is 5.92. The molecule has 5 nitrogen and oxygen atoms in total. The van der Waals surface area contributed by atoms with Gasteiger partial charge in [0.1, 0.15) is 11.5 Å². The summed E-state index contributed by atoms with van der Waals surface area (Å²) in [6.07, 6.45) is 5.46. The van der Waals surface area contributed by atoms with Crippen LogP contribution in [0.4, 0.5) is 13.2 Å². The molecule has 1 fully saturated rings. The lowest BCUT2D eigenvalue weighted by Crippen LogP contribution is -2.39. The summed E-state index contributed by atoms with van der Waals surface area (Å²) in [7, 11) is 0. The highest BCUT2D eigenvalue weighted by Crippen LogP contribution is 2.38. The van der Waals surface area contributed by atoms with E-state index < -0.39 is 30.1 Å². The van der Waals surface area contributed by atoms with Crippen molar-refractivity contribution in [3.05, 3.63) is 83.9 Å². The predicted octanol–water partition coefficient (Wildman–Crippen LogP) is 10.4. The fourth-order valence-corrected chi connectivity index (χ4v) is 5.67. The van der Waals surface area contributed by atoms with Crippen molar-refractivity contribution >= 4 is 11.9 Å². The summed E-state index contributed by atoms with van der Waals surface area (Å²) < 4.78 is 56.7. The van der Waals surface area contributed by atoms with E-state index in [4.69, 9.17) is 14.2 Å². The number of benzene rings is 3. The Kier molecular flexibility index (Phi) is 12.9. The zero-order valence-electron chi connectivity index (χ0n) is 26.0. The number of ether oxygens (including phenoxy) is 3. The summed E-state index contributed by atoms with van der Waals surface area (Å²) in [6.45, 7) is 2.94. The van der Waals surface area contributed by atoms with Crippen LogP contribution >= 0.6 is 0 Å². The van der Waals surface area contributed by atoms with E-state index in [-0.39, 0.29) is 11.3 Å². The standard InChI is InChI=1S/C37H43F3O5/c1-2-3-4-5-6-7-8-11-26-43-32-22-18-28(19-23-32)27-14-16-30(17-15-27)35(41)44-33-24-20-31(21-25-33)36(42)45-34(37(38,39)40)29-12-9-10-13-29/h14-25,29,34H,2-13,26H2,1H3/t34-/m0/s1. The third-order valence-corrected chi connectivity index (χ3v) is 8.26. The minimum absolute atomic E-state index is 0.0454. The van der Waals surface area contributed by atoms with Crippen molar-refractivity contribution in [2.45, 2.75) is 96.3 Å². The van der Waals surface area contributed by atoms with Gasteiger partial charge in [0, 0.05) is 5.92 Å². The van der Waals surface area contributed by atoms with E-state index in [1.807, 2.05) is 36.4 Å². The molecule has 3 aromatic rings. The number of unbranched alkanes of at least 4 members (excludes halogenated alkanes) is 7. The van der Waals surface area contributed by atoms with E-state index in [2.05, 4.69) is 6.92 Å². The third-order valence-electron chi connectivity index (χ3n) is 8.26. The highest BCUT2D eigenvalue weighted by atomic mass is 19.4. The van der Waals surface area contributed by atoms with Crippen LogP contribution in [0.5, 0.6) is 11.5 Å². The number of hydrogen-bond acceptors (Lipinski definition) is 5. The van der Waals surface area contributed by atoms with Crippen molar-refractivity contribution < 1.29 is 37.0 Å². The summed E-state index contributed by atoms with van der Waals surface area (Å²) in [5.74, 6) is -1.38. The van der Waals surface area contributed by atoms with E-state index in [0.717, 1.165) is 23.3 Å². The minimum atomic E-state index is -4.63. The van der Waals surface area contributed by atoms with Crippen LogP contribution in [0, 0.1) is 5.92 Å². The minimum Gasteiger partial charge on any atom is -0.494 e. The van der Waals surface area contributed by atoms with Gasteiger partial charge in [-0.25, -0.2) is 9.59 Å². The van der Waals surface area contributed by atoms with Crippen LogP contribution in [0.15, 0.2) is 72.8 Å². The molecule has 0 aromatic heterocycles. The zero-order valence-corrected chi connectivity index (χ0v) is 26.0. The molecule has 1 saturated carbocycles. The molecule has 0 spiro atoms. The molecule has 0 aliphatic heterocycles. The van der Waals surface area contributed by atoms with Crippen LogP contribution in [0.25, 0.3) is 11.1 Å². The molecule has 45 heavy (non-hydrogen) atoms. The lowest BCUT2D eigenvalue weighted by Gasteiger charge is -2.25. The van der Waals surface area contributed by atoms with Crippen molar-refractivity contribution in [3.8, 4) is 22.6 Å². The van der Waals surface area contributed by atoms with Gasteiger partial charge in [-0.1, -0.05) is 89.0 Å². The fourth-order valence-electron chi connectivity index (χ4n) is 5.67. The molecule has 8 heteroatoms. The van der Waals surface area contributed by atoms with Crippen LogP contribution < -0.4 is 9.47 Å². The van der Waals surface area contributed by atoms with Gasteiger partial charge < -0.3 is 14.2 Å². The van der Waals surface area contributed by atoms with Gasteiger partial charge in [0.05, 0.1) is 17.7 Å². The summed E-state index contributed by atoms with van der Waals surface area (Å²) in [5, 5.41) is 0. The maximum atomic E-state index is 13.5. The summed E-state index contributed by atoms with van der Waals surface area (Å²) >= 11 is 0.